The van der Waals surface area contributed by atoms with E-state index in [1.54, 1.807) is 12.4 Å². The van der Waals surface area contributed by atoms with Gasteiger partial charge in [-0.3, -0.25) is 4.57 Å². The highest BCUT2D eigenvalue weighted by Crippen LogP contribution is 2.16. The van der Waals surface area contributed by atoms with Gasteiger partial charge in [0.1, 0.15) is 11.6 Å². The van der Waals surface area contributed by atoms with Crippen LogP contribution in [0.3, 0.4) is 0 Å². The normalized spacial score (nSPS) is 11.0. The van der Waals surface area contributed by atoms with Gasteiger partial charge in [-0.05, 0) is 11.6 Å². The molecule has 0 amide bonds. The second-order valence-electron chi connectivity index (χ2n) is 4.04. The Labute approximate surface area is 95.1 Å². The summed E-state index contributed by atoms with van der Waals surface area (Å²) >= 11 is 0. The van der Waals surface area contributed by atoms with E-state index >= 15 is 0 Å². The van der Waals surface area contributed by atoms with Crippen LogP contribution in [0.2, 0.25) is 0 Å². The monoisotopic (exact) mass is 216 g/mol. The third-order valence-corrected chi connectivity index (χ3v) is 2.48. The van der Waals surface area contributed by atoms with E-state index in [-0.39, 0.29) is 0 Å². The topological polar surface area (TPSA) is 56.7 Å². The first-order valence-electron chi connectivity index (χ1n) is 5.41. The summed E-state index contributed by atoms with van der Waals surface area (Å²) in [5.74, 6) is 2.29. The predicted octanol–water partition coefficient (Wildman–Crippen LogP) is 1.85. The van der Waals surface area contributed by atoms with Crippen LogP contribution in [-0.4, -0.2) is 14.5 Å². The van der Waals surface area contributed by atoms with Gasteiger partial charge in [0, 0.05) is 31.1 Å². The Hall–Kier alpha value is -1.68. The van der Waals surface area contributed by atoms with E-state index in [2.05, 4.69) is 23.8 Å². The average Bonchev–Trinajstić information content (AvgIpc) is 2.78. The molecule has 2 N–H and O–H groups in total. The minimum atomic E-state index is 0.381. The van der Waals surface area contributed by atoms with Crippen molar-refractivity contribution in [3.63, 3.8) is 0 Å². The molecule has 0 fully saturated rings. The molecule has 2 rings (SSSR count). The van der Waals surface area contributed by atoms with Crippen LogP contribution in [0.5, 0.6) is 0 Å². The highest BCUT2D eigenvalue weighted by Gasteiger charge is 2.09. The van der Waals surface area contributed by atoms with Crippen molar-refractivity contribution in [2.24, 2.45) is 5.73 Å². The van der Waals surface area contributed by atoms with Crippen molar-refractivity contribution in [3.05, 3.63) is 42.1 Å². The quantitative estimate of drug-likeness (QED) is 0.851. The highest BCUT2D eigenvalue weighted by atomic mass is 15.1. The fourth-order valence-corrected chi connectivity index (χ4v) is 1.62. The maximum Gasteiger partial charge on any atom is 0.138 e. The number of nitrogens with zero attached hydrogens (tertiary/aromatic N) is 3. The molecule has 2 aromatic heterocycles. The Morgan fingerprint density at radius 3 is 2.69 bits per heavy atom. The van der Waals surface area contributed by atoms with Crippen LogP contribution < -0.4 is 5.73 Å². The maximum absolute atomic E-state index is 5.54. The summed E-state index contributed by atoms with van der Waals surface area (Å²) in [6.45, 7) is 4.76. The molecule has 16 heavy (non-hydrogen) atoms. The Morgan fingerprint density at radius 1 is 1.31 bits per heavy atom. The molecule has 0 aliphatic rings. The number of aromatic nitrogens is 3. The maximum atomic E-state index is 5.54. The molecule has 0 aromatic carbocycles. The molecule has 0 radical (unpaired) electrons. The van der Waals surface area contributed by atoms with Gasteiger partial charge in [0.25, 0.3) is 0 Å². The molecule has 0 aliphatic carbocycles. The first-order chi connectivity index (χ1) is 7.72. The largest absolute Gasteiger partial charge is 0.326 e. The third kappa shape index (κ3) is 1.97. The summed E-state index contributed by atoms with van der Waals surface area (Å²) in [6, 6.07) is 3.96. The molecule has 0 bridgehead atoms. The molecule has 4 heteroatoms. The Morgan fingerprint density at radius 2 is 2.12 bits per heavy atom. The summed E-state index contributed by atoms with van der Waals surface area (Å²) in [5.41, 5.74) is 6.57. The van der Waals surface area contributed by atoms with Gasteiger partial charge in [-0.2, -0.15) is 0 Å². The molecule has 0 aliphatic heterocycles. The van der Waals surface area contributed by atoms with E-state index in [0.29, 0.717) is 12.5 Å². The van der Waals surface area contributed by atoms with Gasteiger partial charge >= 0.3 is 0 Å². The van der Waals surface area contributed by atoms with E-state index in [1.807, 2.05) is 22.9 Å². The molecule has 0 saturated carbocycles. The van der Waals surface area contributed by atoms with E-state index < -0.39 is 0 Å². The second kappa shape index (κ2) is 4.45. The van der Waals surface area contributed by atoms with Crippen molar-refractivity contribution in [3.8, 4) is 5.82 Å². The fraction of sp³-hybridized carbons (Fsp3) is 0.333. The zero-order valence-corrected chi connectivity index (χ0v) is 9.59. The minimum absolute atomic E-state index is 0.381. The number of pyridine rings is 1. The first-order valence-corrected chi connectivity index (χ1v) is 5.41. The SMILES string of the molecule is CC(C)c1nccn1-c1ccc(CN)cn1. The number of nitrogens with two attached hydrogens (primary N) is 1. The fourth-order valence-electron chi connectivity index (χ4n) is 1.62. The van der Waals surface area contributed by atoms with Crippen molar-refractivity contribution in [1.29, 1.82) is 0 Å². The number of imidazole rings is 1. The average molecular weight is 216 g/mol. The standard InChI is InChI=1S/C12H16N4/c1-9(2)12-14-5-6-16(12)11-4-3-10(7-13)8-15-11/h3-6,8-9H,7,13H2,1-2H3. The summed E-state index contributed by atoms with van der Waals surface area (Å²) in [7, 11) is 0. The van der Waals surface area contributed by atoms with Gasteiger partial charge in [0.15, 0.2) is 0 Å². The molecule has 2 heterocycles. The van der Waals surface area contributed by atoms with Crippen LogP contribution in [-0.2, 0) is 6.54 Å². The molecule has 0 spiro atoms. The van der Waals surface area contributed by atoms with Crippen molar-refractivity contribution in [2.45, 2.75) is 26.3 Å². The predicted molar refractivity (Wildman–Crippen MR) is 63.3 cm³/mol. The zero-order valence-electron chi connectivity index (χ0n) is 9.59. The van der Waals surface area contributed by atoms with Crippen LogP contribution in [0, 0.1) is 0 Å². The van der Waals surface area contributed by atoms with Gasteiger partial charge < -0.3 is 5.73 Å². The number of hydrogen-bond donors (Lipinski definition) is 1. The second-order valence-corrected chi connectivity index (χ2v) is 4.04. The molecule has 0 unspecified atom stereocenters. The van der Waals surface area contributed by atoms with Crippen LogP contribution in [0.15, 0.2) is 30.7 Å². The Bertz CT molecular complexity index is 456. The van der Waals surface area contributed by atoms with Gasteiger partial charge in [-0.25, -0.2) is 9.97 Å². The van der Waals surface area contributed by atoms with Crippen molar-refractivity contribution < 1.29 is 0 Å². The summed E-state index contributed by atoms with van der Waals surface area (Å²) < 4.78 is 2.00. The molecular weight excluding hydrogens is 200 g/mol. The van der Waals surface area contributed by atoms with Gasteiger partial charge in [0.05, 0.1) is 0 Å². The molecule has 0 atom stereocenters. The lowest BCUT2D eigenvalue weighted by molar-refractivity contribution is 0.743. The summed E-state index contributed by atoms with van der Waals surface area (Å²) in [5, 5.41) is 0. The molecule has 4 nitrogen and oxygen atoms in total. The van der Waals surface area contributed by atoms with Gasteiger partial charge in [-0.1, -0.05) is 19.9 Å². The first kappa shape index (κ1) is 10.8. The summed E-state index contributed by atoms with van der Waals surface area (Å²) in [4.78, 5) is 8.71. The van der Waals surface area contributed by atoms with E-state index in [0.717, 1.165) is 17.2 Å². The lowest BCUT2D eigenvalue weighted by Crippen LogP contribution is -2.05. The molecule has 84 valence electrons. The third-order valence-electron chi connectivity index (χ3n) is 2.48. The zero-order chi connectivity index (χ0) is 11.5. The molecule has 2 aromatic rings. The smallest absolute Gasteiger partial charge is 0.138 e. The van der Waals surface area contributed by atoms with Crippen LogP contribution in [0.1, 0.15) is 31.2 Å². The van der Waals surface area contributed by atoms with Crippen molar-refractivity contribution >= 4 is 0 Å². The number of rotatable bonds is 3. The van der Waals surface area contributed by atoms with E-state index in [9.17, 15) is 0 Å². The van der Waals surface area contributed by atoms with Crippen LogP contribution >= 0.6 is 0 Å². The Kier molecular flexibility index (Phi) is 3.01. The lowest BCUT2D eigenvalue weighted by Gasteiger charge is -2.09. The van der Waals surface area contributed by atoms with Gasteiger partial charge in [-0.15, -0.1) is 0 Å². The highest BCUT2D eigenvalue weighted by molar-refractivity contribution is 5.27. The minimum Gasteiger partial charge on any atom is -0.326 e. The van der Waals surface area contributed by atoms with E-state index in [4.69, 9.17) is 5.73 Å². The summed E-state index contributed by atoms with van der Waals surface area (Å²) in [6.07, 6.45) is 5.53. The van der Waals surface area contributed by atoms with Crippen LogP contribution in [0.4, 0.5) is 0 Å². The van der Waals surface area contributed by atoms with Crippen molar-refractivity contribution in [2.75, 3.05) is 0 Å². The van der Waals surface area contributed by atoms with Crippen LogP contribution in [0.25, 0.3) is 5.82 Å². The number of hydrogen-bond acceptors (Lipinski definition) is 3. The van der Waals surface area contributed by atoms with E-state index in [1.165, 1.54) is 0 Å². The van der Waals surface area contributed by atoms with Crippen molar-refractivity contribution in [1.82, 2.24) is 14.5 Å². The molecule has 0 saturated heterocycles. The molecular formula is C12H16N4. The Balaban J connectivity index is 2.38. The van der Waals surface area contributed by atoms with Gasteiger partial charge in [0.2, 0.25) is 0 Å². The lowest BCUT2D eigenvalue weighted by atomic mass is 10.2.